The van der Waals surface area contributed by atoms with Gasteiger partial charge in [-0.15, -0.1) is 0 Å². The van der Waals surface area contributed by atoms with Crippen molar-refractivity contribution in [3.05, 3.63) is 0 Å². The second kappa shape index (κ2) is 3.43. The van der Waals surface area contributed by atoms with Crippen LogP contribution >= 0.6 is 0 Å². The Bertz CT molecular complexity index is 204. The predicted octanol–water partition coefficient (Wildman–Crippen LogP) is 1.48. The van der Waals surface area contributed by atoms with Gasteiger partial charge in [0.2, 0.25) is 0 Å². The van der Waals surface area contributed by atoms with Crippen molar-refractivity contribution in [3.63, 3.8) is 0 Å². The molecule has 0 aromatic carbocycles. The van der Waals surface area contributed by atoms with Crippen molar-refractivity contribution in [2.24, 2.45) is 5.73 Å². The van der Waals surface area contributed by atoms with Crippen LogP contribution in [0.3, 0.4) is 0 Å². The van der Waals surface area contributed by atoms with Crippen molar-refractivity contribution in [1.82, 2.24) is 4.90 Å². The van der Waals surface area contributed by atoms with E-state index in [1.54, 1.807) is 0 Å². The minimum atomic E-state index is -4.35. The molecule has 13 heavy (non-hydrogen) atoms. The van der Waals surface area contributed by atoms with Gasteiger partial charge in [-0.2, -0.15) is 13.2 Å². The molecule has 2 N–H and O–H groups in total. The summed E-state index contributed by atoms with van der Waals surface area (Å²) >= 11 is 0. The normalized spacial score (nSPS) is 24.5. The molecule has 3 nitrogen and oxygen atoms in total. The Morgan fingerprint density at radius 2 is 2.00 bits per heavy atom. The fraction of sp³-hybridized carbons (Fsp3) is 0.857. The van der Waals surface area contributed by atoms with Gasteiger partial charge in [0.05, 0.1) is 0 Å². The highest BCUT2D eigenvalue weighted by molar-refractivity contribution is 5.72. The Morgan fingerprint density at radius 1 is 1.38 bits per heavy atom. The van der Waals surface area contributed by atoms with E-state index in [1.165, 1.54) is 0 Å². The number of alkyl halides is 3. The first-order valence-electron chi connectivity index (χ1n) is 4.05. The topological polar surface area (TPSA) is 46.3 Å². The maximum atomic E-state index is 12.3. The molecule has 0 aromatic rings. The number of amides is 2. The van der Waals surface area contributed by atoms with Gasteiger partial charge in [0.25, 0.3) is 0 Å². The van der Waals surface area contributed by atoms with Crippen LogP contribution in [0.4, 0.5) is 18.0 Å². The third-order valence-electron chi connectivity index (χ3n) is 2.16. The number of piperidine rings is 1. The SMILES string of the molecule is NC(=O)N1CCCCC1C(F)(F)F. The third-order valence-corrected chi connectivity index (χ3v) is 2.16. The summed E-state index contributed by atoms with van der Waals surface area (Å²) in [5.41, 5.74) is 4.84. The Labute approximate surface area is 73.7 Å². The zero-order chi connectivity index (χ0) is 10.1. The molecule has 6 heteroatoms. The third kappa shape index (κ3) is 2.26. The molecule has 0 saturated carbocycles. The van der Waals surface area contributed by atoms with Crippen LogP contribution in [0.5, 0.6) is 0 Å². The largest absolute Gasteiger partial charge is 0.408 e. The average molecular weight is 196 g/mol. The van der Waals surface area contributed by atoms with E-state index < -0.39 is 18.2 Å². The second-order valence-corrected chi connectivity index (χ2v) is 3.08. The van der Waals surface area contributed by atoms with Crippen molar-refractivity contribution in [3.8, 4) is 0 Å². The fourth-order valence-corrected chi connectivity index (χ4v) is 1.54. The first-order valence-corrected chi connectivity index (χ1v) is 4.05. The van der Waals surface area contributed by atoms with Gasteiger partial charge < -0.3 is 10.6 Å². The maximum absolute atomic E-state index is 12.3. The molecule has 0 radical (unpaired) electrons. The molecule has 0 aliphatic carbocycles. The number of primary amides is 1. The molecule has 1 saturated heterocycles. The number of carbonyl (C=O) groups excluding carboxylic acids is 1. The van der Waals surface area contributed by atoms with E-state index in [2.05, 4.69) is 0 Å². The van der Waals surface area contributed by atoms with Crippen molar-refractivity contribution in [2.75, 3.05) is 6.54 Å². The molecular formula is C7H11F3N2O. The number of hydrogen-bond donors (Lipinski definition) is 1. The number of rotatable bonds is 0. The van der Waals surface area contributed by atoms with Crippen LogP contribution in [-0.4, -0.2) is 29.7 Å². The molecule has 0 aromatic heterocycles. The van der Waals surface area contributed by atoms with Gasteiger partial charge in [-0.3, -0.25) is 0 Å². The summed E-state index contributed by atoms with van der Waals surface area (Å²) in [7, 11) is 0. The van der Waals surface area contributed by atoms with E-state index in [9.17, 15) is 18.0 Å². The van der Waals surface area contributed by atoms with E-state index in [4.69, 9.17) is 5.73 Å². The number of likely N-dealkylation sites (tertiary alicyclic amines) is 1. The van der Waals surface area contributed by atoms with E-state index in [-0.39, 0.29) is 13.0 Å². The van der Waals surface area contributed by atoms with Gasteiger partial charge in [0, 0.05) is 6.54 Å². The van der Waals surface area contributed by atoms with Crippen molar-refractivity contribution in [2.45, 2.75) is 31.5 Å². The first kappa shape index (κ1) is 10.1. The van der Waals surface area contributed by atoms with Crippen molar-refractivity contribution < 1.29 is 18.0 Å². The number of nitrogens with two attached hydrogens (primary N) is 1. The fourth-order valence-electron chi connectivity index (χ4n) is 1.54. The lowest BCUT2D eigenvalue weighted by molar-refractivity contribution is -0.182. The maximum Gasteiger partial charge on any atom is 0.408 e. The highest BCUT2D eigenvalue weighted by Gasteiger charge is 2.45. The molecule has 1 atom stereocenters. The Hall–Kier alpha value is -0.940. The van der Waals surface area contributed by atoms with E-state index >= 15 is 0 Å². The number of nitrogens with zero attached hydrogens (tertiary/aromatic N) is 1. The summed E-state index contributed by atoms with van der Waals surface area (Å²) in [6, 6.07) is -2.67. The zero-order valence-electron chi connectivity index (χ0n) is 6.97. The van der Waals surface area contributed by atoms with Crippen LogP contribution in [0.25, 0.3) is 0 Å². The average Bonchev–Trinajstić information content (AvgIpc) is 2.03. The smallest absolute Gasteiger partial charge is 0.351 e. The van der Waals surface area contributed by atoms with Gasteiger partial charge in [0.1, 0.15) is 6.04 Å². The van der Waals surface area contributed by atoms with E-state index in [1.807, 2.05) is 0 Å². The minimum absolute atomic E-state index is 0.0353. The number of halogens is 3. The first-order chi connectivity index (χ1) is 5.93. The number of hydrogen-bond acceptors (Lipinski definition) is 1. The molecule has 76 valence electrons. The molecule has 0 spiro atoms. The second-order valence-electron chi connectivity index (χ2n) is 3.08. The van der Waals surface area contributed by atoms with Crippen LogP contribution in [0.15, 0.2) is 0 Å². The Balaban J connectivity index is 2.73. The minimum Gasteiger partial charge on any atom is -0.351 e. The Kier molecular flexibility index (Phi) is 2.68. The summed E-state index contributed by atoms with van der Waals surface area (Å²) in [4.78, 5) is 11.4. The predicted molar refractivity (Wildman–Crippen MR) is 40.0 cm³/mol. The standard InChI is InChI=1S/C7H11F3N2O/c8-7(9,10)5-3-1-2-4-12(5)6(11)13/h5H,1-4H2,(H2,11,13). The molecule has 1 aliphatic heterocycles. The summed E-state index contributed by atoms with van der Waals surface area (Å²) in [6.45, 7) is 0.111. The summed E-state index contributed by atoms with van der Waals surface area (Å²) in [6.07, 6.45) is -3.30. The highest BCUT2D eigenvalue weighted by Crippen LogP contribution is 2.31. The quantitative estimate of drug-likeness (QED) is 0.626. The monoisotopic (exact) mass is 196 g/mol. The van der Waals surface area contributed by atoms with Crippen LogP contribution in [0.1, 0.15) is 19.3 Å². The van der Waals surface area contributed by atoms with Gasteiger partial charge in [-0.05, 0) is 19.3 Å². The lowest BCUT2D eigenvalue weighted by atomic mass is 10.0. The molecule has 1 unspecified atom stereocenters. The zero-order valence-corrected chi connectivity index (χ0v) is 6.97. The highest BCUT2D eigenvalue weighted by atomic mass is 19.4. The van der Waals surface area contributed by atoms with Crippen molar-refractivity contribution in [1.29, 1.82) is 0 Å². The van der Waals surface area contributed by atoms with Crippen LogP contribution in [0.2, 0.25) is 0 Å². The Morgan fingerprint density at radius 3 is 2.38 bits per heavy atom. The van der Waals surface area contributed by atoms with E-state index in [0.29, 0.717) is 17.7 Å². The molecule has 1 fully saturated rings. The lowest BCUT2D eigenvalue weighted by Gasteiger charge is -2.35. The number of urea groups is 1. The van der Waals surface area contributed by atoms with Crippen LogP contribution < -0.4 is 5.73 Å². The molecule has 1 rings (SSSR count). The summed E-state index contributed by atoms with van der Waals surface area (Å²) < 4.78 is 36.9. The van der Waals surface area contributed by atoms with E-state index in [0.717, 1.165) is 0 Å². The number of carbonyl (C=O) groups is 1. The molecular weight excluding hydrogens is 185 g/mol. The summed E-state index contributed by atoms with van der Waals surface area (Å²) in [5, 5.41) is 0. The molecule has 1 aliphatic rings. The molecule has 0 bridgehead atoms. The van der Waals surface area contributed by atoms with Gasteiger partial charge in [-0.1, -0.05) is 0 Å². The van der Waals surface area contributed by atoms with Gasteiger partial charge >= 0.3 is 12.2 Å². The van der Waals surface area contributed by atoms with Crippen molar-refractivity contribution >= 4 is 6.03 Å². The van der Waals surface area contributed by atoms with Crippen LogP contribution in [0, 0.1) is 0 Å². The lowest BCUT2D eigenvalue weighted by Crippen LogP contribution is -2.53. The van der Waals surface area contributed by atoms with Gasteiger partial charge in [-0.25, -0.2) is 4.79 Å². The van der Waals surface area contributed by atoms with Crippen LogP contribution in [-0.2, 0) is 0 Å². The molecule has 1 heterocycles. The van der Waals surface area contributed by atoms with Gasteiger partial charge in [0.15, 0.2) is 0 Å². The summed E-state index contributed by atoms with van der Waals surface area (Å²) in [5.74, 6) is 0. The molecule has 2 amide bonds.